The van der Waals surface area contributed by atoms with Crippen molar-refractivity contribution in [2.75, 3.05) is 17.2 Å². The van der Waals surface area contributed by atoms with Crippen molar-refractivity contribution in [1.29, 1.82) is 0 Å². The summed E-state index contributed by atoms with van der Waals surface area (Å²) in [6.07, 6.45) is 0.952. The Kier molecular flexibility index (Phi) is 3.99. The Hall–Kier alpha value is -1.45. The summed E-state index contributed by atoms with van der Waals surface area (Å²) >= 11 is 7.40. The Bertz CT molecular complexity index is 627. The summed E-state index contributed by atoms with van der Waals surface area (Å²) in [5.41, 5.74) is 2.33. The van der Waals surface area contributed by atoms with Crippen molar-refractivity contribution in [3.05, 3.63) is 59.1 Å². The van der Waals surface area contributed by atoms with E-state index in [-0.39, 0.29) is 5.91 Å². The average molecular weight is 304 g/mol. The van der Waals surface area contributed by atoms with Crippen molar-refractivity contribution in [2.24, 2.45) is 0 Å². The van der Waals surface area contributed by atoms with Gasteiger partial charge < -0.3 is 4.90 Å². The summed E-state index contributed by atoms with van der Waals surface area (Å²) < 4.78 is 0. The third kappa shape index (κ3) is 2.84. The summed E-state index contributed by atoms with van der Waals surface area (Å²) in [6.45, 7) is 0.791. The normalized spacial score (nSPS) is 13.3. The van der Waals surface area contributed by atoms with Crippen LogP contribution in [0, 0.1) is 0 Å². The topological polar surface area (TPSA) is 20.3 Å². The maximum Gasteiger partial charge on any atom is 0.237 e. The first-order valence-electron chi connectivity index (χ1n) is 6.51. The Morgan fingerprint density at radius 1 is 1.15 bits per heavy atom. The first kappa shape index (κ1) is 13.5. The van der Waals surface area contributed by atoms with Gasteiger partial charge >= 0.3 is 0 Å². The van der Waals surface area contributed by atoms with E-state index in [0.29, 0.717) is 10.8 Å². The molecule has 0 aromatic heterocycles. The van der Waals surface area contributed by atoms with E-state index in [1.807, 2.05) is 47.4 Å². The lowest BCUT2D eigenvalue weighted by Crippen LogP contribution is -2.30. The van der Waals surface area contributed by atoms with Crippen LogP contribution in [0.15, 0.2) is 53.4 Å². The number of amides is 1. The van der Waals surface area contributed by atoms with Gasteiger partial charge in [0.2, 0.25) is 5.91 Å². The highest BCUT2D eigenvalue weighted by molar-refractivity contribution is 8.00. The van der Waals surface area contributed by atoms with Crippen molar-refractivity contribution in [1.82, 2.24) is 0 Å². The SMILES string of the molecule is O=C(CSc1ccc(Cl)cc1)N1CCc2ccccc21. The fourth-order valence-electron chi connectivity index (χ4n) is 2.35. The zero-order valence-electron chi connectivity index (χ0n) is 10.9. The second kappa shape index (κ2) is 5.90. The lowest BCUT2D eigenvalue weighted by atomic mass is 10.2. The number of thioether (sulfide) groups is 1. The van der Waals surface area contributed by atoms with Crippen LogP contribution in [0.4, 0.5) is 5.69 Å². The van der Waals surface area contributed by atoms with Crippen LogP contribution < -0.4 is 4.90 Å². The highest BCUT2D eigenvalue weighted by Crippen LogP contribution is 2.29. The lowest BCUT2D eigenvalue weighted by Gasteiger charge is -2.17. The first-order valence-corrected chi connectivity index (χ1v) is 7.87. The monoisotopic (exact) mass is 303 g/mol. The highest BCUT2D eigenvalue weighted by atomic mass is 35.5. The van der Waals surface area contributed by atoms with E-state index in [1.165, 1.54) is 5.56 Å². The number of anilines is 1. The predicted octanol–water partition coefficient (Wildman–Crippen LogP) is 4.02. The van der Waals surface area contributed by atoms with E-state index >= 15 is 0 Å². The van der Waals surface area contributed by atoms with Gasteiger partial charge in [0.1, 0.15) is 0 Å². The van der Waals surface area contributed by atoms with Gasteiger partial charge in [0.15, 0.2) is 0 Å². The molecule has 0 fully saturated rings. The first-order chi connectivity index (χ1) is 9.74. The number of hydrogen-bond acceptors (Lipinski definition) is 2. The molecule has 0 spiro atoms. The van der Waals surface area contributed by atoms with Crippen molar-refractivity contribution < 1.29 is 4.79 Å². The molecule has 0 saturated carbocycles. The molecule has 20 heavy (non-hydrogen) atoms. The maximum absolute atomic E-state index is 12.3. The van der Waals surface area contributed by atoms with Crippen LogP contribution in [0.1, 0.15) is 5.56 Å². The van der Waals surface area contributed by atoms with E-state index in [9.17, 15) is 4.79 Å². The molecule has 0 aliphatic carbocycles. The van der Waals surface area contributed by atoms with E-state index in [0.717, 1.165) is 23.5 Å². The molecular formula is C16H14ClNOS. The number of rotatable bonds is 3. The molecule has 1 aliphatic heterocycles. The molecular weight excluding hydrogens is 290 g/mol. The van der Waals surface area contributed by atoms with Gasteiger partial charge in [-0.15, -0.1) is 11.8 Å². The molecule has 3 rings (SSSR count). The third-order valence-corrected chi connectivity index (χ3v) is 4.61. The number of benzene rings is 2. The Morgan fingerprint density at radius 3 is 2.70 bits per heavy atom. The fourth-order valence-corrected chi connectivity index (χ4v) is 3.25. The van der Waals surface area contributed by atoms with E-state index in [1.54, 1.807) is 11.8 Å². The minimum absolute atomic E-state index is 0.162. The lowest BCUT2D eigenvalue weighted by molar-refractivity contribution is -0.116. The maximum atomic E-state index is 12.3. The summed E-state index contributed by atoms with van der Waals surface area (Å²) in [6, 6.07) is 15.7. The molecule has 2 aromatic carbocycles. The quantitative estimate of drug-likeness (QED) is 0.798. The number of fused-ring (bicyclic) bond motifs is 1. The van der Waals surface area contributed by atoms with Crippen molar-refractivity contribution in [3.63, 3.8) is 0 Å². The molecule has 0 saturated heterocycles. The molecule has 2 aromatic rings. The average Bonchev–Trinajstić information content (AvgIpc) is 2.90. The summed E-state index contributed by atoms with van der Waals surface area (Å²) in [5, 5.41) is 0.717. The van der Waals surface area contributed by atoms with Crippen LogP contribution in [0.2, 0.25) is 5.02 Å². The minimum Gasteiger partial charge on any atom is -0.311 e. The van der Waals surface area contributed by atoms with Gasteiger partial charge in [0.05, 0.1) is 5.75 Å². The molecule has 0 N–H and O–H groups in total. The third-order valence-electron chi connectivity index (χ3n) is 3.36. The molecule has 1 heterocycles. The van der Waals surface area contributed by atoms with Crippen LogP contribution >= 0.6 is 23.4 Å². The zero-order chi connectivity index (χ0) is 13.9. The van der Waals surface area contributed by atoms with Gasteiger partial charge in [0.25, 0.3) is 0 Å². The van der Waals surface area contributed by atoms with Gasteiger partial charge in [-0.1, -0.05) is 29.8 Å². The standard InChI is InChI=1S/C16H14ClNOS/c17-13-5-7-14(8-6-13)20-11-16(19)18-10-9-12-3-1-2-4-15(12)18/h1-8H,9-11H2. The van der Waals surface area contributed by atoms with Crippen LogP contribution in [0.25, 0.3) is 0 Å². The van der Waals surface area contributed by atoms with Crippen molar-refractivity contribution in [3.8, 4) is 0 Å². The number of carbonyl (C=O) groups is 1. The number of para-hydroxylation sites is 1. The number of hydrogen-bond donors (Lipinski definition) is 0. The number of halogens is 1. The second-order valence-electron chi connectivity index (χ2n) is 4.67. The van der Waals surface area contributed by atoms with Crippen molar-refractivity contribution >= 4 is 35.0 Å². The minimum atomic E-state index is 0.162. The molecule has 0 unspecified atom stereocenters. The van der Waals surface area contributed by atoms with Crippen LogP contribution in [-0.2, 0) is 11.2 Å². The molecule has 0 radical (unpaired) electrons. The number of carbonyl (C=O) groups excluding carboxylic acids is 1. The fraction of sp³-hybridized carbons (Fsp3) is 0.188. The summed E-state index contributed by atoms with van der Waals surface area (Å²) in [4.78, 5) is 15.3. The van der Waals surface area contributed by atoms with E-state index in [2.05, 4.69) is 6.07 Å². The molecule has 0 atom stereocenters. The molecule has 2 nitrogen and oxygen atoms in total. The predicted molar refractivity (Wildman–Crippen MR) is 84.7 cm³/mol. The van der Waals surface area contributed by atoms with Gasteiger partial charge in [-0.3, -0.25) is 4.79 Å². The van der Waals surface area contributed by atoms with Crippen LogP contribution in [0.5, 0.6) is 0 Å². The van der Waals surface area contributed by atoms with Gasteiger partial charge in [-0.05, 0) is 42.3 Å². The summed E-state index contributed by atoms with van der Waals surface area (Å²) in [5.74, 6) is 0.616. The Balaban J connectivity index is 1.65. The van der Waals surface area contributed by atoms with Gasteiger partial charge in [0, 0.05) is 22.2 Å². The largest absolute Gasteiger partial charge is 0.311 e. The van der Waals surface area contributed by atoms with E-state index in [4.69, 9.17) is 11.6 Å². The van der Waals surface area contributed by atoms with Crippen LogP contribution in [-0.4, -0.2) is 18.2 Å². The molecule has 1 aliphatic rings. The molecule has 4 heteroatoms. The Labute approximate surface area is 127 Å². The smallest absolute Gasteiger partial charge is 0.237 e. The highest BCUT2D eigenvalue weighted by Gasteiger charge is 2.23. The second-order valence-corrected chi connectivity index (χ2v) is 6.15. The van der Waals surface area contributed by atoms with Gasteiger partial charge in [-0.2, -0.15) is 0 Å². The zero-order valence-corrected chi connectivity index (χ0v) is 12.5. The van der Waals surface area contributed by atoms with Crippen LogP contribution in [0.3, 0.4) is 0 Å². The molecule has 102 valence electrons. The Morgan fingerprint density at radius 2 is 1.90 bits per heavy atom. The summed E-state index contributed by atoms with van der Waals surface area (Å²) in [7, 11) is 0. The van der Waals surface area contributed by atoms with E-state index < -0.39 is 0 Å². The number of nitrogens with zero attached hydrogens (tertiary/aromatic N) is 1. The van der Waals surface area contributed by atoms with Gasteiger partial charge in [-0.25, -0.2) is 0 Å². The molecule has 1 amide bonds. The van der Waals surface area contributed by atoms with Crippen molar-refractivity contribution in [2.45, 2.75) is 11.3 Å². The molecule has 0 bridgehead atoms.